The highest BCUT2D eigenvalue weighted by molar-refractivity contribution is 9.10. The van der Waals surface area contributed by atoms with E-state index < -0.39 is 0 Å². The van der Waals surface area contributed by atoms with Gasteiger partial charge in [-0.05, 0) is 60.2 Å². The molecule has 0 saturated carbocycles. The van der Waals surface area contributed by atoms with Gasteiger partial charge in [0.2, 0.25) is 0 Å². The molecule has 132 valence electrons. The lowest BCUT2D eigenvalue weighted by Crippen LogP contribution is -2.48. The van der Waals surface area contributed by atoms with Crippen LogP contribution in [0.1, 0.15) is 36.8 Å². The number of hydrogen-bond donors (Lipinski definition) is 0. The van der Waals surface area contributed by atoms with Crippen LogP contribution in [0.2, 0.25) is 0 Å². The number of piperidine rings is 1. The summed E-state index contributed by atoms with van der Waals surface area (Å²) in [6.45, 7) is 3.90. The molecule has 0 N–H and O–H groups in total. The summed E-state index contributed by atoms with van der Waals surface area (Å²) >= 11 is 7.09. The number of rotatable bonds is 5. The van der Waals surface area contributed by atoms with Crippen LogP contribution in [-0.2, 0) is 0 Å². The van der Waals surface area contributed by atoms with Gasteiger partial charge in [0, 0.05) is 15.4 Å². The maximum Gasteiger partial charge on any atom is 0.0819 e. The molecule has 0 aliphatic carbocycles. The first-order valence-electron chi connectivity index (χ1n) is 9.11. The predicted octanol–water partition coefficient (Wildman–Crippen LogP) is 6.66. The molecule has 0 aromatic heterocycles. The Morgan fingerprint density at radius 1 is 0.840 bits per heavy atom. The third-order valence-electron chi connectivity index (χ3n) is 5.22. The molecular weight excluding hydrogens is 438 g/mol. The second-order valence-corrected chi connectivity index (χ2v) is 9.10. The highest BCUT2D eigenvalue weighted by Gasteiger charge is 2.23. The summed E-state index contributed by atoms with van der Waals surface area (Å²) in [5.74, 6) is 0. The lowest BCUT2D eigenvalue weighted by molar-refractivity contribution is -0.913. The summed E-state index contributed by atoms with van der Waals surface area (Å²) in [6.07, 6.45) is 7.73. The van der Waals surface area contributed by atoms with Gasteiger partial charge < -0.3 is 4.48 Å². The molecule has 0 amide bonds. The highest BCUT2D eigenvalue weighted by atomic mass is 79.9. The van der Waals surface area contributed by atoms with Gasteiger partial charge in [0.15, 0.2) is 0 Å². The third-order valence-corrected chi connectivity index (χ3v) is 6.28. The number of hydrogen-bond acceptors (Lipinski definition) is 0. The molecule has 1 aliphatic heterocycles. The predicted molar refractivity (Wildman–Crippen MR) is 115 cm³/mol. The summed E-state index contributed by atoms with van der Waals surface area (Å²) in [7, 11) is 2.42. The van der Waals surface area contributed by atoms with E-state index in [2.05, 4.69) is 93.5 Å². The van der Waals surface area contributed by atoms with Crippen LogP contribution < -0.4 is 0 Å². The van der Waals surface area contributed by atoms with Gasteiger partial charge in [-0.2, -0.15) is 0 Å². The van der Waals surface area contributed by atoms with Crippen LogP contribution in [0.25, 0.3) is 5.57 Å². The SMILES string of the molecule is C[N+]1(CCC=C(c2ccc(Br)cc2)c2ccc(Br)cc2)CCCCC1. The fourth-order valence-electron chi connectivity index (χ4n) is 3.68. The number of benzene rings is 2. The lowest BCUT2D eigenvalue weighted by atomic mass is 9.96. The summed E-state index contributed by atoms with van der Waals surface area (Å²) in [5.41, 5.74) is 3.90. The lowest BCUT2D eigenvalue weighted by Gasteiger charge is -2.37. The fraction of sp³-hybridized carbons (Fsp3) is 0.364. The zero-order valence-corrected chi connectivity index (χ0v) is 18.0. The average Bonchev–Trinajstić information content (AvgIpc) is 2.61. The van der Waals surface area contributed by atoms with Gasteiger partial charge in [-0.25, -0.2) is 0 Å². The highest BCUT2D eigenvalue weighted by Crippen LogP contribution is 2.27. The van der Waals surface area contributed by atoms with E-state index in [-0.39, 0.29) is 0 Å². The van der Waals surface area contributed by atoms with Crippen LogP contribution in [0, 0.1) is 0 Å². The van der Waals surface area contributed by atoms with Gasteiger partial charge in [0.05, 0.1) is 26.7 Å². The molecule has 1 heterocycles. The average molecular weight is 464 g/mol. The van der Waals surface area contributed by atoms with Gasteiger partial charge in [-0.15, -0.1) is 0 Å². The van der Waals surface area contributed by atoms with Crippen molar-refractivity contribution in [2.24, 2.45) is 0 Å². The molecule has 3 rings (SSSR count). The number of halogens is 2. The second kappa shape index (κ2) is 8.66. The molecular formula is C22H26Br2N+. The Hall–Kier alpha value is -0.900. The van der Waals surface area contributed by atoms with Crippen molar-refractivity contribution in [2.75, 3.05) is 26.7 Å². The van der Waals surface area contributed by atoms with Crippen molar-refractivity contribution in [2.45, 2.75) is 25.7 Å². The van der Waals surface area contributed by atoms with Crippen LogP contribution in [0.5, 0.6) is 0 Å². The molecule has 0 unspecified atom stereocenters. The van der Waals surface area contributed by atoms with Crippen LogP contribution in [0.3, 0.4) is 0 Å². The molecule has 1 aliphatic rings. The Balaban J connectivity index is 1.82. The quantitative estimate of drug-likeness (QED) is 0.434. The first-order valence-corrected chi connectivity index (χ1v) is 10.7. The van der Waals surface area contributed by atoms with Crippen molar-refractivity contribution in [1.29, 1.82) is 0 Å². The van der Waals surface area contributed by atoms with Crippen molar-refractivity contribution >= 4 is 37.4 Å². The van der Waals surface area contributed by atoms with Crippen molar-refractivity contribution in [3.8, 4) is 0 Å². The third kappa shape index (κ3) is 5.29. The summed E-state index contributed by atoms with van der Waals surface area (Å²) < 4.78 is 3.47. The van der Waals surface area contributed by atoms with E-state index in [1.165, 1.54) is 60.1 Å². The molecule has 1 nitrogen and oxygen atoms in total. The van der Waals surface area contributed by atoms with Crippen molar-refractivity contribution in [1.82, 2.24) is 0 Å². The molecule has 2 aromatic carbocycles. The monoisotopic (exact) mass is 462 g/mol. The summed E-state index contributed by atoms with van der Waals surface area (Å²) in [6, 6.07) is 17.3. The van der Waals surface area contributed by atoms with E-state index in [1.54, 1.807) is 0 Å². The van der Waals surface area contributed by atoms with Gasteiger partial charge in [0.25, 0.3) is 0 Å². The molecule has 0 atom stereocenters. The number of nitrogens with zero attached hydrogens (tertiary/aromatic N) is 1. The van der Waals surface area contributed by atoms with E-state index >= 15 is 0 Å². The molecule has 0 radical (unpaired) electrons. The maximum absolute atomic E-state index is 3.54. The van der Waals surface area contributed by atoms with Gasteiger partial charge in [0.1, 0.15) is 0 Å². The van der Waals surface area contributed by atoms with E-state index in [4.69, 9.17) is 0 Å². The number of likely N-dealkylation sites (tertiary alicyclic amines) is 1. The Labute approximate surface area is 168 Å². The molecule has 0 bridgehead atoms. The van der Waals surface area contributed by atoms with Crippen LogP contribution in [0.4, 0.5) is 0 Å². The molecule has 3 heteroatoms. The Morgan fingerprint density at radius 3 is 1.80 bits per heavy atom. The standard InChI is InChI=1S/C22H26Br2N/c1-25(15-3-2-4-16-25)17-5-6-22(18-7-11-20(23)12-8-18)19-9-13-21(24)14-10-19/h6-14H,2-5,15-17H2,1H3/q+1. The maximum atomic E-state index is 3.54. The molecule has 25 heavy (non-hydrogen) atoms. The second-order valence-electron chi connectivity index (χ2n) is 7.27. The zero-order chi connectivity index (χ0) is 17.7. The van der Waals surface area contributed by atoms with Gasteiger partial charge in [-0.1, -0.05) is 62.2 Å². The first-order chi connectivity index (χ1) is 12.1. The molecule has 2 aromatic rings. The van der Waals surface area contributed by atoms with Crippen molar-refractivity contribution < 1.29 is 4.48 Å². The molecule has 1 saturated heterocycles. The van der Waals surface area contributed by atoms with E-state index in [9.17, 15) is 0 Å². The Morgan fingerprint density at radius 2 is 1.32 bits per heavy atom. The number of quaternary nitrogens is 1. The zero-order valence-electron chi connectivity index (χ0n) is 14.8. The minimum atomic E-state index is 1.12. The fourth-order valence-corrected chi connectivity index (χ4v) is 4.21. The normalized spacial score (nSPS) is 16.4. The van der Waals surface area contributed by atoms with Crippen molar-refractivity contribution in [3.63, 3.8) is 0 Å². The topological polar surface area (TPSA) is 0 Å². The van der Waals surface area contributed by atoms with Crippen LogP contribution in [-0.4, -0.2) is 31.2 Å². The Bertz CT molecular complexity index is 663. The molecule has 1 fully saturated rings. The first kappa shape index (κ1) is 18.9. The van der Waals surface area contributed by atoms with Crippen molar-refractivity contribution in [3.05, 3.63) is 74.7 Å². The van der Waals surface area contributed by atoms with Gasteiger partial charge >= 0.3 is 0 Å². The minimum absolute atomic E-state index is 1.12. The summed E-state index contributed by atoms with van der Waals surface area (Å²) in [5, 5.41) is 0. The largest absolute Gasteiger partial charge is 0.326 e. The Kier molecular flexibility index (Phi) is 6.54. The van der Waals surface area contributed by atoms with Crippen LogP contribution >= 0.6 is 31.9 Å². The summed E-state index contributed by atoms with van der Waals surface area (Å²) in [4.78, 5) is 0. The van der Waals surface area contributed by atoms with E-state index in [0.717, 1.165) is 15.4 Å². The van der Waals surface area contributed by atoms with E-state index in [1.807, 2.05) is 0 Å². The van der Waals surface area contributed by atoms with Crippen LogP contribution in [0.15, 0.2) is 63.6 Å². The molecule has 0 spiro atoms. The smallest absolute Gasteiger partial charge is 0.0819 e. The minimum Gasteiger partial charge on any atom is -0.326 e. The van der Waals surface area contributed by atoms with Gasteiger partial charge in [-0.3, -0.25) is 0 Å². The van der Waals surface area contributed by atoms with E-state index in [0.29, 0.717) is 0 Å².